The molecule has 166 valence electrons. The van der Waals surface area contributed by atoms with Gasteiger partial charge in [-0.15, -0.1) is 11.3 Å². The Labute approximate surface area is 187 Å². The van der Waals surface area contributed by atoms with Gasteiger partial charge in [0.25, 0.3) is 0 Å². The van der Waals surface area contributed by atoms with Crippen LogP contribution < -0.4 is 10.6 Å². The molecule has 0 radical (unpaired) electrons. The number of thiazole rings is 1. The van der Waals surface area contributed by atoms with Gasteiger partial charge in [0, 0.05) is 37.0 Å². The molecule has 1 fully saturated rings. The van der Waals surface area contributed by atoms with E-state index in [1.165, 1.54) is 11.3 Å². The molecule has 0 saturated heterocycles. The molecule has 31 heavy (non-hydrogen) atoms. The molecule has 3 amide bonds. The van der Waals surface area contributed by atoms with Crippen LogP contribution in [0.3, 0.4) is 0 Å². The molecule has 1 aromatic carbocycles. The van der Waals surface area contributed by atoms with Crippen molar-refractivity contribution in [1.82, 2.24) is 15.2 Å². The number of carbonyl (C=O) groups is 3. The maximum absolute atomic E-state index is 12.9. The molecule has 1 aromatic heterocycles. The fourth-order valence-corrected chi connectivity index (χ4v) is 4.39. The minimum Gasteiger partial charge on any atom is -0.354 e. The lowest BCUT2D eigenvalue weighted by Crippen LogP contribution is -2.47. The number of amides is 3. The Bertz CT molecular complexity index is 836. The highest BCUT2D eigenvalue weighted by Crippen LogP contribution is 2.23. The summed E-state index contributed by atoms with van der Waals surface area (Å²) in [5, 5.41) is 7.94. The summed E-state index contributed by atoms with van der Waals surface area (Å²) >= 11 is 1.34. The van der Waals surface area contributed by atoms with Gasteiger partial charge in [0.05, 0.1) is 6.54 Å². The monoisotopic (exact) mass is 442 g/mol. The average Bonchev–Trinajstić information content (AvgIpc) is 3.30. The molecule has 0 unspecified atom stereocenters. The third-order valence-electron chi connectivity index (χ3n) is 5.47. The van der Waals surface area contributed by atoms with Gasteiger partial charge in [0.2, 0.25) is 17.7 Å². The van der Waals surface area contributed by atoms with Gasteiger partial charge in [-0.25, -0.2) is 4.98 Å². The minimum absolute atomic E-state index is 0.0480. The first kappa shape index (κ1) is 22.9. The summed E-state index contributed by atoms with van der Waals surface area (Å²) in [6, 6.07) is 10.0. The summed E-state index contributed by atoms with van der Waals surface area (Å²) in [5.74, 6) is -0.527. The predicted octanol–water partition coefficient (Wildman–Crippen LogP) is 3.38. The highest BCUT2D eigenvalue weighted by molar-refractivity contribution is 7.13. The van der Waals surface area contributed by atoms with E-state index in [4.69, 9.17) is 0 Å². The largest absolute Gasteiger partial charge is 0.354 e. The molecule has 0 spiro atoms. The molecule has 7 nitrogen and oxygen atoms in total. The standard InChI is InChI=1S/C23H30N4O3S/c28-20(26-23-25-15-16-31-23)11-12-22(30)27(19-9-5-2-6-10-19)17-21(29)24-14-13-18-7-3-1-4-8-18/h1,3-4,7-8,15-16,19H,2,5-6,9-14,17H2,(H,24,29)(H,25,26,28). The average molecular weight is 443 g/mol. The number of hydrogen-bond acceptors (Lipinski definition) is 5. The van der Waals surface area contributed by atoms with Crippen LogP contribution in [0.4, 0.5) is 5.13 Å². The van der Waals surface area contributed by atoms with E-state index in [-0.39, 0.29) is 43.1 Å². The smallest absolute Gasteiger partial charge is 0.239 e. The Kier molecular flexibility index (Phi) is 9.02. The molecular weight excluding hydrogens is 412 g/mol. The van der Waals surface area contributed by atoms with E-state index in [9.17, 15) is 14.4 Å². The number of anilines is 1. The Morgan fingerprint density at radius 2 is 1.81 bits per heavy atom. The maximum atomic E-state index is 12.9. The zero-order chi connectivity index (χ0) is 21.9. The molecular formula is C23H30N4O3S. The van der Waals surface area contributed by atoms with Crippen molar-refractivity contribution >= 4 is 34.2 Å². The summed E-state index contributed by atoms with van der Waals surface area (Å²) in [5.41, 5.74) is 1.16. The molecule has 1 aliphatic rings. The van der Waals surface area contributed by atoms with Crippen molar-refractivity contribution in [1.29, 1.82) is 0 Å². The second-order valence-corrected chi connectivity index (χ2v) is 8.68. The molecule has 0 aliphatic heterocycles. The quantitative estimate of drug-likeness (QED) is 0.590. The Balaban J connectivity index is 1.49. The summed E-state index contributed by atoms with van der Waals surface area (Å²) < 4.78 is 0. The van der Waals surface area contributed by atoms with E-state index in [1.54, 1.807) is 16.5 Å². The van der Waals surface area contributed by atoms with Crippen LogP contribution in [0.25, 0.3) is 0 Å². The van der Waals surface area contributed by atoms with Crippen LogP contribution in [-0.4, -0.2) is 46.7 Å². The lowest BCUT2D eigenvalue weighted by Gasteiger charge is -2.34. The van der Waals surface area contributed by atoms with Gasteiger partial charge >= 0.3 is 0 Å². The second kappa shape index (κ2) is 12.2. The first-order valence-corrected chi connectivity index (χ1v) is 11.8. The van der Waals surface area contributed by atoms with Gasteiger partial charge in [-0.1, -0.05) is 49.6 Å². The van der Waals surface area contributed by atoms with Crippen molar-refractivity contribution in [3.05, 3.63) is 47.5 Å². The zero-order valence-corrected chi connectivity index (χ0v) is 18.5. The van der Waals surface area contributed by atoms with E-state index < -0.39 is 0 Å². The summed E-state index contributed by atoms with van der Waals surface area (Å²) in [6.45, 7) is 0.582. The normalized spacial score (nSPS) is 14.1. The Morgan fingerprint density at radius 1 is 1.03 bits per heavy atom. The molecule has 0 atom stereocenters. The SMILES string of the molecule is O=C(CN(C(=O)CCC(=O)Nc1nccs1)C1CCCCC1)NCCc1ccccc1. The molecule has 2 N–H and O–H groups in total. The summed E-state index contributed by atoms with van der Waals surface area (Å²) in [4.78, 5) is 43.3. The molecule has 1 aliphatic carbocycles. The summed E-state index contributed by atoms with van der Waals surface area (Å²) in [7, 11) is 0. The fourth-order valence-electron chi connectivity index (χ4n) is 3.85. The molecule has 0 bridgehead atoms. The van der Waals surface area contributed by atoms with Gasteiger partial charge in [0.15, 0.2) is 5.13 Å². The van der Waals surface area contributed by atoms with Gasteiger partial charge in [-0.2, -0.15) is 0 Å². The first-order valence-electron chi connectivity index (χ1n) is 10.9. The third kappa shape index (κ3) is 7.79. The number of carbonyl (C=O) groups excluding carboxylic acids is 3. The van der Waals surface area contributed by atoms with E-state index >= 15 is 0 Å². The van der Waals surface area contributed by atoms with Crippen molar-refractivity contribution in [2.24, 2.45) is 0 Å². The van der Waals surface area contributed by atoms with E-state index in [0.717, 1.165) is 44.1 Å². The number of nitrogens with one attached hydrogen (secondary N) is 2. The van der Waals surface area contributed by atoms with Crippen LogP contribution in [0.2, 0.25) is 0 Å². The minimum atomic E-state index is -0.237. The highest BCUT2D eigenvalue weighted by atomic mass is 32.1. The number of aromatic nitrogens is 1. The van der Waals surface area contributed by atoms with Crippen LogP contribution in [0.1, 0.15) is 50.5 Å². The van der Waals surface area contributed by atoms with Gasteiger partial charge < -0.3 is 15.5 Å². The fraction of sp³-hybridized carbons (Fsp3) is 0.478. The molecule has 8 heteroatoms. The number of benzene rings is 1. The van der Waals surface area contributed by atoms with Crippen molar-refractivity contribution in [3.8, 4) is 0 Å². The van der Waals surface area contributed by atoms with Gasteiger partial charge in [0.1, 0.15) is 0 Å². The van der Waals surface area contributed by atoms with Crippen LogP contribution in [-0.2, 0) is 20.8 Å². The number of hydrogen-bond donors (Lipinski definition) is 2. The van der Waals surface area contributed by atoms with Crippen molar-refractivity contribution < 1.29 is 14.4 Å². The number of rotatable bonds is 10. The molecule has 1 heterocycles. The Morgan fingerprint density at radius 3 is 2.52 bits per heavy atom. The van der Waals surface area contributed by atoms with E-state index in [1.807, 2.05) is 30.3 Å². The number of nitrogens with zero attached hydrogens (tertiary/aromatic N) is 2. The highest BCUT2D eigenvalue weighted by Gasteiger charge is 2.27. The van der Waals surface area contributed by atoms with Crippen LogP contribution in [0, 0.1) is 0 Å². The first-order chi connectivity index (χ1) is 15.1. The lowest BCUT2D eigenvalue weighted by molar-refractivity contribution is -0.139. The molecule has 3 rings (SSSR count). The van der Waals surface area contributed by atoms with Crippen LogP contribution >= 0.6 is 11.3 Å². The Hall–Kier alpha value is -2.74. The van der Waals surface area contributed by atoms with Gasteiger partial charge in [-0.3, -0.25) is 14.4 Å². The van der Waals surface area contributed by atoms with Crippen LogP contribution in [0.15, 0.2) is 41.9 Å². The van der Waals surface area contributed by atoms with Crippen molar-refractivity contribution in [2.45, 2.75) is 57.4 Å². The van der Waals surface area contributed by atoms with Gasteiger partial charge in [-0.05, 0) is 24.8 Å². The molecule has 2 aromatic rings. The maximum Gasteiger partial charge on any atom is 0.239 e. The van der Waals surface area contributed by atoms with E-state index in [0.29, 0.717) is 11.7 Å². The van der Waals surface area contributed by atoms with E-state index in [2.05, 4.69) is 15.6 Å². The third-order valence-corrected chi connectivity index (χ3v) is 6.16. The van der Waals surface area contributed by atoms with Crippen LogP contribution in [0.5, 0.6) is 0 Å². The lowest BCUT2D eigenvalue weighted by atomic mass is 9.94. The topological polar surface area (TPSA) is 91.4 Å². The predicted molar refractivity (Wildman–Crippen MR) is 122 cm³/mol. The molecule has 1 saturated carbocycles. The van der Waals surface area contributed by atoms with Crippen molar-refractivity contribution in [2.75, 3.05) is 18.4 Å². The summed E-state index contributed by atoms with van der Waals surface area (Å²) in [6.07, 6.45) is 7.65. The second-order valence-electron chi connectivity index (χ2n) is 7.78. The van der Waals surface area contributed by atoms with Crippen molar-refractivity contribution in [3.63, 3.8) is 0 Å². The zero-order valence-electron chi connectivity index (χ0n) is 17.7.